The molecule has 0 bridgehead atoms. The Morgan fingerprint density at radius 2 is 2.28 bits per heavy atom. The van der Waals surface area contributed by atoms with Gasteiger partial charge in [-0.3, -0.25) is 0 Å². The van der Waals surface area contributed by atoms with Crippen molar-refractivity contribution < 1.29 is 13.5 Å². The van der Waals surface area contributed by atoms with E-state index < -0.39 is 10.2 Å². The Hall–Kier alpha value is -0.910. The molecule has 2 N–H and O–H groups in total. The van der Waals surface area contributed by atoms with Crippen LogP contribution in [0, 0.1) is 11.8 Å². The molecule has 0 saturated carbocycles. The van der Waals surface area contributed by atoms with Crippen LogP contribution in [0.15, 0.2) is 11.4 Å². The number of hydrogen-bond acceptors (Lipinski definition) is 4. The van der Waals surface area contributed by atoms with E-state index in [1.54, 1.807) is 0 Å². The standard InChI is InChI=1S/C11H16N2O3S2/c1-12-18(15,16)13(2)8-10-7-11(17-9-10)5-3-4-6-14/h7,9,12,14H,4,6,8H2,1-2H3. The molecular formula is C11H16N2O3S2. The number of nitrogens with zero attached hydrogens (tertiary/aromatic N) is 1. The molecule has 1 heterocycles. The Kier molecular flexibility index (Phi) is 5.78. The normalized spacial score (nSPS) is 11.3. The fourth-order valence-electron chi connectivity index (χ4n) is 1.23. The van der Waals surface area contributed by atoms with E-state index in [2.05, 4.69) is 16.6 Å². The molecule has 0 fully saturated rings. The van der Waals surface area contributed by atoms with Gasteiger partial charge >= 0.3 is 0 Å². The summed E-state index contributed by atoms with van der Waals surface area (Å²) in [7, 11) is -0.494. The van der Waals surface area contributed by atoms with Gasteiger partial charge in [-0.05, 0) is 17.0 Å². The third-order valence-corrected chi connectivity index (χ3v) is 4.54. The van der Waals surface area contributed by atoms with Crippen molar-refractivity contribution in [1.82, 2.24) is 9.03 Å². The second kappa shape index (κ2) is 6.87. The lowest BCUT2D eigenvalue weighted by Crippen LogP contribution is -2.35. The number of aliphatic hydroxyl groups excluding tert-OH is 1. The summed E-state index contributed by atoms with van der Waals surface area (Å²) in [6, 6.07) is 1.86. The second-order valence-corrected chi connectivity index (χ2v) is 6.45. The zero-order valence-corrected chi connectivity index (χ0v) is 11.9. The second-order valence-electron chi connectivity index (χ2n) is 3.56. The Bertz CT molecular complexity index is 540. The predicted octanol–water partition coefficient (Wildman–Crippen LogP) is 0.378. The molecular weight excluding hydrogens is 272 g/mol. The van der Waals surface area contributed by atoms with Gasteiger partial charge in [0.1, 0.15) is 0 Å². The fraction of sp³-hybridized carbons (Fsp3) is 0.455. The van der Waals surface area contributed by atoms with E-state index in [1.165, 1.54) is 29.7 Å². The third kappa shape index (κ3) is 4.40. The lowest BCUT2D eigenvalue weighted by molar-refractivity contribution is 0.305. The molecule has 0 aliphatic rings. The van der Waals surface area contributed by atoms with Crippen LogP contribution in [0.2, 0.25) is 0 Å². The summed E-state index contributed by atoms with van der Waals surface area (Å²) in [5, 5.41) is 10.5. The first-order valence-corrected chi connectivity index (χ1v) is 7.63. The van der Waals surface area contributed by atoms with Gasteiger partial charge in [-0.15, -0.1) is 11.3 Å². The topological polar surface area (TPSA) is 69.6 Å². The van der Waals surface area contributed by atoms with Crippen LogP contribution in [0.3, 0.4) is 0 Å². The van der Waals surface area contributed by atoms with Crippen LogP contribution in [-0.4, -0.2) is 38.5 Å². The highest BCUT2D eigenvalue weighted by molar-refractivity contribution is 7.87. The van der Waals surface area contributed by atoms with Crippen LogP contribution in [0.5, 0.6) is 0 Å². The van der Waals surface area contributed by atoms with Crippen molar-refractivity contribution >= 4 is 21.5 Å². The largest absolute Gasteiger partial charge is 0.395 e. The molecule has 0 spiro atoms. The van der Waals surface area contributed by atoms with Gasteiger partial charge in [-0.25, -0.2) is 4.72 Å². The summed E-state index contributed by atoms with van der Waals surface area (Å²) in [5.41, 5.74) is 0.898. The molecule has 0 saturated heterocycles. The van der Waals surface area contributed by atoms with Gasteiger partial charge < -0.3 is 5.11 Å². The minimum absolute atomic E-state index is 0.0500. The molecule has 0 amide bonds. The Morgan fingerprint density at radius 3 is 2.89 bits per heavy atom. The highest BCUT2D eigenvalue weighted by Crippen LogP contribution is 2.15. The van der Waals surface area contributed by atoms with E-state index in [-0.39, 0.29) is 6.61 Å². The smallest absolute Gasteiger partial charge is 0.279 e. The van der Waals surface area contributed by atoms with Gasteiger partial charge in [0.05, 0.1) is 11.5 Å². The monoisotopic (exact) mass is 288 g/mol. The maximum Gasteiger partial charge on any atom is 0.279 e. The van der Waals surface area contributed by atoms with E-state index in [9.17, 15) is 8.42 Å². The van der Waals surface area contributed by atoms with Gasteiger partial charge in [0.15, 0.2) is 0 Å². The number of hydrogen-bond donors (Lipinski definition) is 2. The van der Waals surface area contributed by atoms with E-state index in [4.69, 9.17) is 5.11 Å². The van der Waals surface area contributed by atoms with Gasteiger partial charge in [0.25, 0.3) is 10.2 Å². The Morgan fingerprint density at radius 1 is 1.56 bits per heavy atom. The molecule has 0 unspecified atom stereocenters. The van der Waals surface area contributed by atoms with Gasteiger partial charge in [-0.2, -0.15) is 12.7 Å². The maximum absolute atomic E-state index is 11.5. The van der Waals surface area contributed by atoms with Crippen molar-refractivity contribution in [3.05, 3.63) is 21.9 Å². The Labute approximate surface area is 112 Å². The van der Waals surface area contributed by atoms with E-state index >= 15 is 0 Å². The van der Waals surface area contributed by atoms with Crippen LogP contribution in [0.1, 0.15) is 16.9 Å². The quantitative estimate of drug-likeness (QED) is 0.770. The predicted molar refractivity (Wildman–Crippen MR) is 72.3 cm³/mol. The SMILES string of the molecule is CNS(=O)(=O)N(C)Cc1csc(C#CCCO)c1. The molecule has 0 radical (unpaired) electrons. The van der Waals surface area contributed by atoms with Crippen molar-refractivity contribution in [2.45, 2.75) is 13.0 Å². The Balaban J connectivity index is 2.68. The summed E-state index contributed by atoms with van der Waals surface area (Å²) < 4.78 is 26.5. The summed E-state index contributed by atoms with van der Waals surface area (Å²) in [6.45, 7) is 0.357. The van der Waals surface area contributed by atoms with E-state index in [1.807, 2.05) is 11.4 Å². The van der Waals surface area contributed by atoms with Crippen molar-refractivity contribution in [2.24, 2.45) is 0 Å². The number of nitrogens with one attached hydrogen (secondary N) is 1. The lowest BCUT2D eigenvalue weighted by Gasteiger charge is -2.14. The molecule has 0 aliphatic carbocycles. The fourth-order valence-corrected chi connectivity index (χ4v) is 2.63. The minimum atomic E-state index is -3.39. The summed E-state index contributed by atoms with van der Waals surface area (Å²) in [5.74, 6) is 5.74. The van der Waals surface area contributed by atoms with Crippen LogP contribution < -0.4 is 4.72 Å². The zero-order chi connectivity index (χ0) is 13.6. The number of aliphatic hydroxyl groups is 1. The molecule has 0 aromatic carbocycles. The number of thiophene rings is 1. The van der Waals surface area contributed by atoms with E-state index in [0.717, 1.165) is 10.4 Å². The van der Waals surface area contributed by atoms with Crippen molar-refractivity contribution in [3.8, 4) is 11.8 Å². The maximum atomic E-state index is 11.5. The van der Waals surface area contributed by atoms with Crippen LogP contribution in [-0.2, 0) is 16.8 Å². The van der Waals surface area contributed by atoms with Gasteiger partial charge in [0.2, 0.25) is 0 Å². The lowest BCUT2D eigenvalue weighted by atomic mass is 10.3. The van der Waals surface area contributed by atoms with Crippen LogP contribution >= 0.6 is 11.3 Å². The summed E-state index contributed by atoms with van der Waals surface area (Å²) in [6.07, 6.45) is 0.446. The first-order chi connectivity index (χ1) is 8.49. The minimum Gasteiger partial charge on any atom is -0.395 e. The van der Waals surface area contributed by atoms with Crippen LogP contribution in [0.25, 0.3) is 0 Å². The molecule has 1 aromatic rings. The van der Waals surface area contributed by atoms with Crippen molar-refractivity contribution in [3.63, 3.8) is 0 Å². The first-order valence-electron chi connectivity index (χ1n) is 5.31. The molecule has 18 heavy (non-hydrogen) atoms. The average molecular weight is 288 g/mol. The van der Waals surface area contributed by atoms with Crippen molar-refractivity contribution in [2.75, 3.05) is 20.7 Å². The summed E-state index contributed by atoms with van der Waals surface area (Å²) in [4.78, 5) is 0.869. The van der Waals surface area contributed by atoms with Crippen molar-refractivity contribution in [1.29, 1.82) is 0 Å². The summed E-state index contributed by atoms with van der Waals surface area (Å²) >= 11 is 1.46. The number of rotatable bonds is 5. The molecule has 0 aliphatic heterocycles. The zero-order valence-electron chi connectivity index (χ0n) is 10.3. The highest BCUT2D eigenvalue weighted by atomic mass is 32.2. The molecule has 0 atom stereocenters. The van der Waals surface area contributed by atoms with Crippen LogP contribution in [0.4, 0.5) is 0 Å². The highest BCUT2D eigenvalue weighted by Gasteiger charge is 2.15. The molecule has 1 aromatic heterocycles. The molecule has 100 valence electrons. The molecule has 5 nitrogen and oxygen atoms in total. The average Bonchev–Trinajstić information content (AvgIpc) is 2.77. The molecule has 1 rings (SSSR count). The van der Waals surface area contributed by atoms with Gasteiger partial charge in [-0.1, -0.05) is 11.8 Å². The first kappa shape index (κ1) is 15.1. The molecule has 7 heteroatoms. The third-order valence-electron chi connectivity index (χ3n) is 2.18. The van der Waals surface area contributed by atoms with E-state index in [0.29, 0.717) is 13.0 Å². The van der Waals surface area contributed by atoms with Gasteiger partial charge in [0, 0.05) is 27.1 Å².